The minimum Gasteiger partial charge on any atom is -0.335 e. The van der Waals surface area contributed by atoms with Crippen LogP contribution < -0.4 is 5.32 Å². The Bertz CT molecular complexity index is 361. The average Bonchev–Trinajstić information content (AvgIpc) is 2.22. The minimum absolute atomic E-state index is 0.448. The second kappa shape index (κ2) is 5.03. The highest BCUT2D eigenvalue weighted by Crippen LogP contribution is 2.20. The van der Waals surface area contributed by atoms with Crippen molar-refractivity contribution in [3.8, 4) is 0 Å². The molecule has 0 aromatic heterocycles. The predicted octanol–water partition coefficient (Wildman–Crippen LogP) is 3.74. The molecule has 2 nitrogen and oxygen atoms in total. The molecule has 1 heterocycles. The van der Waals surface area contributed by atoms with Gasteiger partial charge in [-0.25, -0.2) is 0 Å². The molecule has 1 unspecified atom stereocenters. The number of benzene rings is 1. The van der Waals surface area contributed by atoms with E-state index in [1.54, 1.807) is 11.8 Å². The third-order valence-electron chi connectivity index (χ3n) is 2.21. The van der Waals surface area contributed by atoms with Gasteiger partial charge in [0.15, 0.2) is 5.17 Å². The zero-order chi connectivity index (χ0) is 10.7. The summed E-state index contributed by atoms with van der Waals surface area (Å²) in [5.41, 5.74) is 1.10. The highest BCUT2D eigenvalue weighted by Gasteiger charge is 2.11. The standard InChI is InChI=1S/C11H13BrN2S/c1-8-6-7-15-11(13-8)14-10-4-2-9(12)3-5-10/h2-5,8H,6-7H2,1H3,(H,13,14). The maximum atomic E-state index is 4.56. The molecule has 0 bridgehead atoms. The van der Waals surface area contributed by atoms with Crippen molar-refractivity contribution in [2.45, 2.75) is 19.4 Å². The monoisotopic (exact) mass is 284 g/mol. The van der Waals surface area contributed by atoms with Gasteiger partial charge in [0, 0.05) is 15.9 Å². The normalized spacial score (nSPS) is 20.9. The summed E-state index contributed by atoms with van der Waals surface area (Å²) in [6, 6.07) is 8.60. The fraction of sp³-hybridized carbons (Fsp3) is 0.364. The molecule has 1 aromatic carbocycles. The van der Waals surface area contributed by atoms with Gasteiger partial charge in [0.05, 0.1) is 6.04 Å². The molecule has 4 heteroatoms. The van der Waals surface area contributed by atoms with Crippen LogP contribution in [-0.2, 0) is 0 Å². The van der Waals surface area contributed by atoms with Crippen LogP contribution in [0.2, 0.25) is 0 Å². The van der Waals surface area contributed by atoms with Crippen LogP contribution in [0.15, 0.2) is 33.7 Å². The summed E-state index contributed by atoms with van der Waals surface area (Å²) in [6.45, 7) is 2.16. The van der Waals surface area contributed by atoms with Crippen LogP contribution in [0.3, 0.4) is 0 Å². The predicted molar refractivity (Wildman–Crippen MR) is 71.7 cm³/mol. The fourth-order valence-electron chi connectivity index (χ4n) is 1.35. The third kappa shape index (κ3) is 3.24. The number of hydrogen-bond acceptors (Lipinski definition) is 3. The third-order valence-corrected chi connectivity index (χ3v) is 3.66. The largest absolute Gasteiger partial charge is 0.335 e. The van der Waals surface area contributed by atoms with E-state index in [0.717, 1.165) is 21.1 Å². The number of thioether (sulfide) groups is 1. The summed E-state index contributed by atoms with van der Waals surface area (Å²) in [7, 11) is 0. The molecule has 1 aliphatic heterocycles. The average molecular weight is 285 g/mol. The lowest BCUT2D eigenvalue weighted by Gasteiger charge is -2.17. The van der Waals surface area contributed by atoms with Crippen molar-refractivity contribution in [3.05, 3.63) is 28.7 Å². The van der Waals surface area contributed by atoms with Crippen LogP contribution in [0.5, 0.6) is 0 Å². The van der Waals surface area contributed by atoms with Gasteiger partial charge in [-0.2, -0.15) is 0 Å². The van der Waals surface area contributed by atoms with Gasteiger partial charge < -0.3 is 5.32 Å². The molecule has 0 saturated carbocycles. The van der Waals surface area contributed by atoms with Crippen molar-refractivity contribution in [1.29, 1.82) is 0 Å². The highest BCUT2D eigenvalue weighted by atomic mass is 79.9. The zero-order valence-electron chi connectivity index (χ0n) is 8.53. The molecule has 0 saturated heterocycles. The van der Waals surface area contributed by atoms with Crippen molar-refractivity contribution >= 4 is 38.5 Å². The van der Waals surface area contributed by atoms with Gasteiger partial charge in [-0.05, 0) is 37.6 Å². The van der Waals surface area contributed by atoms with E-state index in [0.29, 0.717) is 6.04 Å². The van der Waals surface area contributed by atoms with Crippen molar-refractivity contribution in [3.63, 3.8) is 0 Å². The van der Waals surface area contributed by atoms with Gasteiger partial charge in [-0.15, -0.1) is 0 Å². The molecular formula is C11H13BrN2S. The molecule has 0 fully saturated rings. The molecule has 80 valence electrons. The molecule has 0 amide bonds. The number of nitrogens with one attached hydrogen (secondary N) is 1. The first-order valence-electron chi connectivity index (χ1n) is 4.97. The summed E-state index contributed by atoms with van der Waals surface area (Å²) in [5.74, 6) is 1.16. The smallest absolute Gasteiger partial charge is 0.161 e. The summed E-state index contributed by atoms with van der Waals surface area (Å²) in [5, 5.41) is 4.37. The number of amidine groups is 1. The SMILES string of the molecule is CC1CCSC(Nc2ccc(Br)cc2)=N1. The first kappa shape index (κ1) is 11.0. The molecule has 15 heavy (non-hydrogen) atoms. The minimum atomic E-state index is 0.448. The van der Waals surface area contributed by atoms with Crippen LogP contribution in [0.25, 0.3) is 0 Å². The van der Waals surface area contributed by atoms with Crippen molar-refractivity contribution in [2.75, 3.05) is 11.1 Å². The van der Waals surface area contributed by atoms with Crippen molar-refractivity contribution in [2.24, 2.45) is 4.99 Å². The maximum absolute atomic E-state index is 4.56. The maximum Gasteiger partial charge on any atom is 0.161 e. The Labute approximate surface area is 103 Å². The molecule has 1 N–H and O–H groups in total. The van der Waals surface area contributed by atoms with Gasteiger partial charge in [-0.1, -0.05) is 27.7 Å². The summed E-state index contributed by atoms with van der Waals surface area (Å²) in [4.78, 5) is 4.56. The van der Waals surface area contributed by atoms with E-state index < -0.39 is 0 Å². The Balaban J connectivity index is 2.05. The molecular weight excluding hydrogens is 272 g/mol. The topological polar surface area (TPSA) is 24.4 Å². The zero-order valence-corrected chi connectivity index (χ0v) is 10.9. The van der Waals surface area contributed by atoms with E-state index in [-0.39, 0.29) is 0 Å². The van der Waals surface area contributed by atoms with E-state index in [9.17, 15) is 0 Å². The first-order valence-corrected chi connectivity index (χ1v) is 6.75. The van der Waals surface area contributed by atoms with Gasteiger partial charge in [0.1, 0.15) is 0 Å². The summed E-state index contributed by atoms with van der Waals surface area (Å²) >= 11 is 5.21. The molecule has 1 atom stereocenters. The van der Waals surface area contributed by atoms with Gasteiger partial charge >= 0.3 is 0 Å². The molecule has 2 rings (SSSR count). The van der Waals surface area contributed by atoms with E-state index in [4.69, 9.17) is 0 Å². The second-order valence-electron chi connectivity index (χ2n) is 3.55. The molecule has 1 aliphatic rings. The van der Waals surface area contributed by atoms with Gasteiger partial charge in [0.2, 0.25) is 0 Å². The number of halogens is 1. The molecule has 0 spiro atoms. The number of hydrogen-bond donors (Lipinski definition) is 1. The first-order chi connectivity index (χ1) is 7.24. The number of rotatable bonds is 1. The lowest BCUT2D eigenvalue weighted by Crippen LogP contribution is -2.17. The van der Waals surface area contributed by atoms with Crippen LogP contribution in [-0.4, -0.2) is 17.0 Å². The lowest BCUT2D eigenvalue weighted by molar-refractivity contribution is 0.720. The highest BCUT2D eigenvalue weighted by molar-refractivity contribution is 9.10. The second-order valence-corrected chi connectivity index (χ2v) is 5.55. The van der Waals surface area contributed by atoms with E-state index in [1.807, 2.05) is 24.3 Å². The van der Waals surface area contributed by atoms with E-state index >= 15 is 0 Å². The van der Waals surface area contributed by atoms with Crippen LogP contribution in [0.4, 0.5) is 5.69 Å². The molecule has 0 aliphatic carbocycles. The van der Waals surface area contributed by atoms with E-state index in [1.165, 1.54) is 6.42 Å². The summed E-state index contributed by atoms with van der Waals surface area (Å²) in [6.07, 6.45) is 1.18. The van der Waals surface area contributed by atoms with Crippen molar-refractivity contribution in [1.82, 2.24) is 0 Å². The number of aliphatic imine (C=N–C) groups is 1. The number of nitrogens with zero attached hydrogens (tertiary/aromatic N) is 1. The molecule has 1 aromatic rings. The lowest BCUT2D eigenvalue weighted by atomic mass is 10.3. The van der Waals surface area contributed by atoms with Crippen LogP contribution >= 0.6 is 27.7 Å². The Hall–Kier alpha value is -0.480. The van der Waals surface area contributed by atoms with Crippen LogP contribution in [0, 0.1) is 0 Å². The number of anilines is 1. The van der Waals surface area contributed by atoms with Gasteiger partial charge in [-0.3, -0.25) is 4.99 Å². The van der Waals surface area contributed by atoms with Crippen LogP contribution in [0.1, 0.15) is 13.3 Å². The Morgan fingerprint density at radius 1 is 1.40 bits per heavy atom. The van der Waals surface area contributed by atoms with Gasteiger partial charge in [0.25, 0.3) is 0 Å². The van der Waals surface area contributed by atoms with Crippen molar-refractivity contribution < 1.29 is 0 Å². The Morgan fingerprint density at radius 3 is 2.80 bits per heavy atom. The van der Waals surface area contributed by atoms with E-state index in [2.05, 4.69) is 33.2 Å². The fourth-order valence-corrected chi connectivity index (χ4v) is 2.71. The Morgan fingerprint density at radius 2 is 2.13 bits per heavy atom. The summed E-state index contributed by atoms with van der Waals surface area (Å²) < 4.78 is 1.10. The quantitative estimate of drug-likeness (QED) is 0.850. The Kier molecular flexibility index (Phi) is 3.70. The molecule has 0 radical (unpaired) electrons.